The largest absolute Gasteiger partial charge is 0.496 e. The highest BCUT2D eigenvalue weighted by molar-refractivity contribution is 5.99. The van der Waals surface area contributed by atoms with Crippen molar-refractivity contribution in [1.29, 1.82) is 0 Å². The van der Waals surface area contributed by atoms with Crippen molar-refractivity contribution in [2.45, 2.75) is 26.7 Å². The molecular formula is C19H24O4. The van der Waals surface area contributed by atoms with E-state index in [1.54, 1.807) is 14.2 Å². The number of benzene rings is 1. The summed E-state index contributed by atoms with van der Waals surface area (Å²) in [5, 5.41) is 0. The van der Waals surface area contributed by atoms with Gasteiger partial charge in [0.15, 0.2) is 0 Å². The summed E-state index contributed by atoms with van der Waals surface area (Å²) in [6.07, 6.45) is 4.02. The van der Waals surface area contributed by atoms with Gasteiger partial charge in [0.25, 0.3) is 0 Å². The molecule has 0 heterocycles. The first-order valence-corrected chi connectivity index (χ1v) is 7.96. The molecular weight excluding hydrogens is 292 g/mol. The zero-order valence-corrected chi connectivity index (χ0v) is 14.4. The van der Waals surface area contributed by atoms with Crippen LogP contribution in [-0.4, -0.2) is 27.3 Å². The van der Waals surface area contributed by atoms with Crippen molar-refractivity contribution in [1.82, 2.24) is 0 Å². The second kappa shape index (κ2) is 5.29. The molecule has 4 nitrogen and oxygen atoms in total. The maximum absolute atomic E-state index is 12.8. The lowest BCUT2D eigenvalue weighted by Gasteiger charge is -2.38. The quantitative estimate of drug-likeness (QED) is 0.795. The van der Waals surface area contributed by atoms with E-state index in [0.717, 1.165) is 35.5 Å². The molecule has 4 heteroatoms. The van der Waals surface area contributed by atoms with Crippen LogP contribution in [0, 0.1) is 16.7 Å². The highest BCUT2D eigenvalue weighted by Crippen LogP contribution is 2.69. The van der Waals surface area contributed by atoms with Crippen molar-refractivity contribution in [2.75, 3.05) is 21.3 Å². The predicted octanol–water partition coefficient (Wildman–Crippen LogP) is 3.70. The summed E-state index contributed by atoms with van der Waals surface area (Å²) in [6.45, 7) is 4.32. The molecule has 2 aliphatic carbocycles. The monoisotopic (exact) mass is 316 g/mol. The van der Waals surface area contributed by atoms with Gasteiger partial charge in [-0.3, -0.25) is 4.79 Å². The third-order valence-corrected chi connectivity index (χ3v) is 5.92. The lowest BCUT2D eigenvalue weighted by atomic mass is 9.64. The van der Waals surface area contributed by atoms with Crippen LogP contribution < -0.4 is 9.47 Å². The Balaban J connectivity index is 2.26. The van der Waals surface area contributed by atoms with Gasteiger partial charge in [0.2, 0.25) is 0 Å². The average Bonchev–Trinajstić information content (AvgIpc) is 2.96. The second-order valence-corrected chi connectivity index (χ2v) is 6.88. The Bertz CT molecular complexity index is 652. The smallest absolute Gasteiger partial charge is 0.316 e. The zero-order valence-electron chi connectivity index (χ0n) is 14.4. The Labute approximate surface area is 137 Å². The van der Waals surface area contributed by atoms with Crippen molar-refractivity contribution in [2.24, 2.45) is 16.7 Å². The van der Waals surface area contributed by atoms with Gasteiger partial charge in [-0.15, -0.1) is 0 Å². The molecule has 0 saturated heterocycles. The van der Waals surface area contributed by atoms with Gasteiger partial charge >= 0.3 is 5.97 Å². The first kappa shape index (κ1) is 15.9. The number of hydrogen-bond acceptors (Lipinski definition) is 4. The van der Waals surface area contributed by atoms with Gasteiger partial charge in [-0.1, -0.05) is 26.0 Å². The molecule has 0 spiro atoms. The van der Waals surface area contributed by atoms with Gasteiger partial charge in [0.05, 0.1) is 32.3 Å². The number of hydrogen-bond donors (Lipinski definition) is 0. The molecule has 0 aliphatic heterocycles. The van der Waals surface area contributed by atoms with Gasteiger partial charge in [-0.25, -0.2) is 0 Å². The van der Waals surface area contributed by atoms with E-state index in [0.29, 0.717) is 5.92 Å². The highest BCUT2D eigenvalue weighted by atomic mass is 16.5. The third-order valence-electron chi connectivity index (χ3n) is 5.92. The lowest BCUT2D eigenvalue weighted by molar-refractivity contribution is -0.153. The number of allylic oxidation sites excluding steroid dienone is 1. The number of methoxy groups -OCH3 is 3. The minimum atomic E-state index is -0.645. The van der Waals surface area contributed by atoms with Crippen LogP contribution in [-0.2, 0) is 9.53 Å². The maximum Gasteiger partial charge on any atom is 0.316 e. The number of esters is 1. The summed E-state index contributed by atoms with van der Waals surface area (Å²) in [4.78, 5) is 12.8. The van der Waals surface area contributed by atoms with Crippen LogP contribution in [0.5, 0.6) is 11.5 Å². The predicted molar refractivity (Wildman–Crippen MR) is 88.5 cm³/mol. The summed E-state index contributed by atoms with van der Waals surface area (Å²) in [7, 11) is 4.75. The summed E-state index contributed by atoms with van der Waals surface area (Å²) in [6, 6.07) is 5.70. The number of rotatable bonds is 4. The topological polar surface area (TPSA) is 44.8 Å². The Morgan fingerprint density at radius 1 is 1.13 bits per heavy atom. The molecule has 2 bridgehead atoms. The van der Waals surface area contributed by atoms with Crippen molar-refractivity contribution < 1.29 is 19.0 Å². The molecule has 3 rings (SSSR count). The van der Waals surface area contributed by atoms with E-state index in [9.17, 15) is 4.79 Å². The van der Waals surface area contributed by atoms with Gasteiger partial charge in [0.1, 0.15) is 11.5 Å². The van der Waals surface area contributed by atoms with Gasteiger partial charge in [0, 0.05) is 0 Å². The van der Waals surface area contributed by atoms with Crippen LogP contribution in [0.2, 0.25) is 0 Å². The summed E-state index contributed by atoms with van der Waals surface area (Å²) >= 11 is 0. The lowest BCUT2D eigenvalue weighted by Crippen LogP contribution is -2.41. The fourth-order valence-corrected chi connectivity index (χ4v) is 4.55. The molecule has 1 aromatic carbocycles. The molecule has 0 aromatic heterocycles. The molecule has 1 aromatic rings. The maximum atomic E-state index is 12.8. The van der Waals surface area contributed by atoms with Crippen LogP contribution >= 0.6 is 0 Å². The molecule has 1 fully saturated rings. The van der Waals surface area contributed by atoms with E-state index >= 15 is 0 Å². The minimum absolute atomic E-state index is 0.165. The van der Waals surface area contributed by atoms with Crippen LogP contribution in [0.4, 0.5) is 0 Å². The minimum Gasteiger partial charge on any atom is -0.496 e. The van der Waals surface area contributed by atoms with Crippen LogP contribution in [0.3, 0.4) is 0 Å². The molecule has 0 N–H and O–H groups in total. The normalized spacial score (nSPS) is 27.5. The molecule has 2 atom stereocenters. The third kappa shape index (κ3) is 1.87. The fourth-order valence-electron chi connectivity index (χ4n) is 4.55. The SMILES string of the molecule is COC(=O)C12CCC(C=C1c1c(OC)cccc1OC)C2(C)C. The van der Waals surface area contributed by atoms with E-state index in [-0.39, 0.29) is 11.4 Å². The van der Waals surface area contributed by atoms with Crippen molar-refractivity contribution in [3.8, 4) is 11.5 Å². The van der Waals surface area contributed by atoms with E-state index in [4.69, 9.17) is 14.2 Å². The van der Waals surface area contributed by atoms with Crippen molar-refractivity contribution in [3.63, 3.8) is 0 Å². The molecule has 23 heavy (non-hydrogen) atoms. The number of ether oxygens (including phenoxy) is 3. The zero-order chi connectivity index (χ0) is 16.8. The highest BCUT2D eigenvalue weighted by Gasteiger charge is 2.65. The molecule has 1 saturated carbocycles. The van der Waals surface area contributed by atoms with Crippen LogP contribution in [0.15, 0.2) is 24.3 Å². The Morgan fingerprint density at radius 3 is 2.22 bits per heavy atom. The van der Waals surface area contributed by atoms with E-state index in [1.807, 2.05) is 18.2 Å². The molecule has 0 amide bonds. The summed E-state index contributed by atoms with van der Waals surface area (Å²) in [5.41, 5.74) is 1.04. The van der Waals surface area contributed by atoms with Crippen molar-refractivity contribution in [3.05, 3.63) is 29.8 Å². The molecule has 2 aliphatic rings. The molecule has 0 radical (unpaired) electrons. The van der Waals surface area contributed by atoms with Crippen molar-refractivity contribution >= 4 is 11.5 Å². The Hall–Kier alpha value is -1.97. The first-order chi connectivity index (χ1) is 10.9. The molecule has 2 unspecified atom stereocenters. The average molecular weight is 316 g/mol. The van der Waals surface area contributed by atoms with Gasteiger partial charge < -0.3 is 14.2 Å². The van der Waals surface area contributed by atoms with Gasteiger partial charge in [-0.2, -0.15) is 0 Å². The first-order valence-electron chi connectivity index (χ1n) is 7.96. The number of carbonyl (C=O) groups is 1. The fraction of sp³-hybridized carbons (Fsp3) is 0.526. The Kier molecular flexibility index (Phi) is 3.66. The number of fused-ring (bicyclic) bond motifs is 2. The van der Waals surface area contributed by atoms with Gasteiger partial charge in [-0.05, 0) is 41.9 Å². The second-order valence-electron chi connectivity index (χ2n) is 6.88. The standard InChI is InChI=1S/C19H24O4/c1-18(2)12-9-10-19(18,17(20)23-5)13(11-12)16-14(21-3)7-6-8-15(16)22-4/h6-8,11-12H,9-10H2,1-5H3. The van der Waals surface area contributed by atoms with E-state index in [2.05, 4.69) is 19.9 Å². The number of carbonyl (C=O) groups excluding carboxylic acids is 1. The Morgan fingerprint density at radius 2 is 1.74 bits per heavy atom. The summed E-state index contributed by atoms with van der Waals surface area (Å²) < 4.78 is 16.4. The van der Waals surface area contributed by atoms with E-state index in [1.165, 1.54) is 7.11 Å². The van der Waals surface area contributed by atoms with Crippen LogP contribution in [0.1, 0.15) is 32.3 Å². The summed E-state index contributed by atoms with van der Waals surface area (Å²) in [5.74, 6) is 1.64. The molecule has 124 valence electrons. The van der Waals surface area contributed by atoms with Crippen LogP contribution in [0.25, 0.3) is 5.57 Å². The van der Waals surface area contributed by atoms with E-state index < -0.39 is 5.41 Å².